The third kappa shape index (κ3) is 3.25. The first-order valence-corrected chi connectivity index (χ1v) is 9.02. The van der Waals surface area contributed by atoms with Gasteiger partial charge in [0.05, 0.1) is 28.8 Å². The highest BCUT2D eigenvalue weighted by molar-refractivity contribution is 8.14. The number of hydrogen-bond donors (Lipinski definition) is 2. The lowest BCUT2D eigenvalue weighted by molar-refractivity contribution is -0.113. The van der Waals surface area contributed by atoms with Crippen LogP contribution in [0.15, 0.2) is 65.7 Å². The maximum atomic E-state index is 12.2. The number of rotatable bonds is 3. The molecule has 1 aliphatic heterocycles. The molecule has 1 aliphatic rings. The standard InChI is InChI=1S/C20H14N4OS/c21-11-13-4-1-7-15(10-13)22-18(25)12-26-20-23-16-8-2-5-14-6-3-9-17(24-20)19(14)16/h1-10H,12H2,(H,22,25)(H,23,24). The van der Waals surface area contributed by atoms with Crippen LogP contribution in [0, 0.1) is 11.3 Å². The molecule has 3 aromatic rings. The van der Waals surface area contributed by atoms with Crippen molar-refractivity contribution >= 4 is 50.7 Å². The molecule has 0 atom stereocenters. The predicted molar refractivity (Wildman–Crippen MR) is 107 cm³/mol. The largest absolute Gasteiger partial charge is 0.334 e. The van der Waals surface area contributed by atoms with Crippen molar-refractivity contribution < 1.29 is 4.79 Å². The SMILES string of the molecule is N#Cc1cccc(NC(=O)CSC2=Nc3cccc4cccc(c34)N2)c1. The van der Waals surface area contributed by atoms with Gasteiger partial charge < -0.3 is 10.6 Å². The Morgan fingerprint density at radius 1 is 1.15 bits per heavy atom. The molecule has 26 heavy (non-hydrogen) atoms. The number of aliphatic imine (C=N–C) groups is 1. The number of carbonyl (C=O) groups excluding carboxylic acids is 1. The molecule has 0 radical (unpaired) electrons. The van der Waals surface area contributed by atoms with E-state index in [1.165, 1.54) is 11.8 Å². The fraction of sp³-hybridized carbons (Fsp3) is 0.0500. The maximum Gasteiger partial charge on any atom is 0.234 e. The molecule has 1 amide bonds. The number of amides is 1. The summed E-state index contributed by atoms with van der Waals surface area (Å²) in [6.07, 6.45) is 0. The van der Waals surface area contributed by atoms with E-state index in [1.54, 1.807) is 24.3 Å². The molecule has 0 bridgehead atoms. The van der Waals surface area contributed by atoms with E-state index in [1.807, 2.05) is 24.3 Å². The Kier molecular flexibility index (Phi) is 4.30. The number of amidine groups is 1. The van der Waals surface area contributed by atoms with Gasteiger partial charge in [0.2, 0.25) is 5.91 Å². The number of nitrogens with one attached hydrogen (secondary N) is 2. The van der Waals surface area contributed by atoms with Gasteiger partial charge in [0.1, 0.15) is 0 Å². The Morgan fingerprint density at radius 2 is 1.96 bits per heavy atom. The lowest BCUT2D eigenvalue weighted by atomic mass is 10.1. The topological polar surface area (TPSA) is 77.3 Å². The number of nitrogens with zero attached hydrogens (tertiary/aromatic N) is 2. The number of hydrogen-bond acceptors (Lipinski definition) is 5. The van der Waals surface area contributed by atoms with E-state index < -0.39 is 0 Å². The molecule has 4 rings (SSSR count). The highest BCUT2D eigenvalue weighted by atomic mass is 32.2. The van der Waals surface area contributed by atoms with Gasteiger partial charge in [-0.2, -0.15) is 5.26 Å². The quantitative estimate of drug-likeness (QED) is 0.723. The van der Waals surface area contributed by atoms with Crippen molar-refractivity contribution in [2.45, 2.75) is 0 Å². The second-order valence-corrected chi connectivity index (χ2v) is 6.72. The van der Waals surface area contributed by atoms with Crippen LogP contribution in [0.25, 0.3) is 10.8 Å². The third-order valence-corrected chi connectivity index (χ3v) is 4.84. The van der Waals surface area contributed by atoms with Crippen molar-refractivity contribution in [1.82, 2.24) is 0 Å². The molecule has 5 nitrogen and oxygen atoms in total. The van der Waals surface area contributed by atoms with Crippen LogP contribution in [0.5, 0.6) is 0 Å². The van der Waals surface area contributed by atoms with Gasteiger partial charge in [0.25, 0.3) is 0 Å². The minimum Gasteiger partial charge on any atom is -0.334 e. The van der Waals surface area contributed by atoms with E-state index in [9.17, 15) is 4.79 Å². The van der Waals surface area contributed by atoms with Crippen LogP contribution in [-0.2, 0) is 4.79 Å². The van der Waals surface area contributed by atoms with Gasteiger partial charge in [0, 0.05) is 11.1 Å². The summed E-state index contributed by atoms with van der Waals surface area (Å²) >= 11 is 1.34. The summed E-state index contributed by atoms with van der Waals surface area (Å²) in [5.74, 6) is 0.0764. The van der Waals surface area contributed by atoms with Gasteiger partial charge in [-0.05, 0) is 35.7 Å². The molecule has 0 fully saturated rings. The summed E-state index contributed by atoms with van der Waals surface area (Å²) in [6.45, 7) is 0. The summed E-state index contributed by atoms with van der Waals surface area (Å²) in [4.78, 5) is 16.8. The van der Waals surface area contributed by atoms with Crippen LogP contribution in [0.1, 0.15) is 5.56 Å². The molecule has 1 heterocycles. The summed E-state index contributed by atoms with van der Waals surface area (Å²) in [7, 11) is 0. The fourth-order valence-electron chi connectivity index (χ4n) is 2.84. The normalized spacial score (nSPS) is 12.0. The second-order valence-electron chi connectivity index (χ2n) is 5.75. The second kappa shape index (κ2) is 6.90. The molecule has 0 aromatic heterocycles. The number of carbonyl (C=O) groups is 1. The van der Waals surface area contributed by atoms with Gasteiger partial charge in [-0.1, -0.05) is 42.1 Å². The van der Waals surface area contributed by atoms with Gasteiger partial charge in [-0.25, -0.2) is 4.99 Å². The van der Waals surface area contributed by atoms with Crippen LogP contribution < -0.4 is 10.6 Å². The predicted octanol–water partition coefficient (Wildman–Crippen LogP) is 4.50. The molecule has 0 aliphatic carbocycles. The van der Waals surface area contributed by atoms with E-state index in [-0.39, 0.29) is 11.7 Å². The maximum absolute atomic E-state index is 12.2. The molecule has 6 heteroatoms. The van der Waals surface area contributed by atoms with Crippen LogP contribution in [0.4, 0.5) is 17.1 Å². The Hall–Kier alpha value is -3.30. The molecule has 0 saturated carbocycles. The Bertz CT molecular complexity index is 1080. The van der Waals surface area contributed by atoms with Crippen molar-refractivity contribution in [2.24, 2.45) is 4.99 Å². The number of nitriles is 1. The zero-order valence-electron chi connectivity index (χ0n) is 13.7. The van der Waals surface area contributed by atoms with E-state index in [2.05, 4.69) is 33.8 Å². The molecular weight excluding hydrogens is 344 g/mol. The molecule has 2 N–H and O–H groups in total. The Labute approximate surface area is 154 Å². The minimum absolute atomic E-state index is 0.147. The molecule has 0 unspecified atom stereocenters. The van der Waals surface area contributed by atoms with Crippen molar-refractivity contribution in [1.29, 1.82) is 5.26 Å². The van der Waals surface area contributed by atoms with Gasteiger partial charge in [-0.3, -0.25) is 4.79 Å². The van der Waals surface area contributed by atoms with E-state index in [0.717, 1.165) is 22.1 Å². The molecule has 3 aromatic carbocycles. The van der Waals surface area contributed by atoms with Gasteiger partial charge in [-0.15, -0.1) is 0 Å². The van der Waals surface area contributed by atoms with Crippen LogP contribution in [0.3, 0.4) is 0 Å². The first kappa shape index (κ1) is 16.2. The van der Waals surface area contributed by atoms with Crippen molar-refractivity contribution in [2.75, 3.05) is 16.4 Å². The first-order chi connectivity index (χ1) is 12.7. The van der Waals surface area contributed by atoms with E-state index in [4.69, 9.17) is 5.26 Å². The molecule has 0 spiro atoms. The number of thioether (sulfide) groups is 1. The lowest BCUT2D eigenvalue weighted by Crippen LogP contribution is -2.18. The Morgan fingerprint density at radius 3 is 2.81 bits per heavy atom. The van der Waals surface area contributed by atoms with Crippen LogP contribution in [0.2, 0.25) is 0 Å². The van der Waals surface area contributed by atoms with E-state index >= 15 is 0 Å². The van der Waals surface area contributed by atoms with Crippen molar-refractivity contribution in [3.05, 3.63) is 66.2 Å². The van der Waals surface area contributed by atoms with Crippen LogP contribution >= 0.6 is 11.8 Å². The number of benzene rings is 3. The zero-order valence-corrected chi connectivity index (χ0v) is 14.5. The highest BCUT2D eigenvalue weighted by Gasteiger charge is 2.15. The van der Waals surface area contributed by atoms with Crippen molar-refractivity contribution in [3.8, 4) is 6.07 Å². The lowest BCUT2D eigenvalue weighted by Gasteiger charge is -2.18. The molecule has 0 saturated heterocycles. The first-order valence-electron chi connectivity index (χ1n) is 8.03. The molecule has 126 valence electrons. The van der Waals surface area contributed by atoms with E-state index in [0.29, 0.717) is 16.4 Å². The Balaban J connectivity index is 1.45. The molecular formula is C20H14N4OS. The van der Waals surface area contributed by atoms with Gasteiger partial charge in [0.15, 0.2) is 5.17 Å². The van der Waals surface area contributed by atoms with Gasteiger partial charge >= 0.3 is 0 Å². The number of anilines is 2. The van der Waals surface area contributed by atoms with Crippen LogP contribution in [-0.4, -0.2) is 16.8 Å². The third-order valence-electron chi connectivity index (χ3n) is 3.96. The fourth-order valence-corrected chi connectivity index (χ4v) is 3.52. The summed E-state index contributed by atoms with van der Waals surface area (Å²) in [6, 6.07) is 21.0. The van der Waals surface area contributed by atoms with Crippen molar-refractivity contribution in [3.63, 3.8) is 0 Å². The average Bonchev–Trinajstić information content (AvgIpc) is 2.67. The summed E-state index contributed by atoms with van der Waals surface area (Å²) < 4.78 is 0. The minimum atomic E-state index is -0.147. The highest BCUT2D eigenvalue weighted by Crippen LogP contribution is 2.36. The zero-order chi connectivity index (χ0) is 17.9. The summed E-state index contributed by atoms with van der Waals surface area (Å²) in [5.41, 5.74) is 3.03. The monoisotopic (exact) mass is 358 g/mol. The summed E-state index contributed by atoms with van der Waals surface area (Å²) in [5, 5.41) is 17.9. The average molecular weight is 358 g/mol. The smallest absolute Gasteiger partial charge is 0.234 e.